The van der Waals surface area contributed by atoms with Crippen LogP contribution in [0.3, 0.4) is 0 Å². The Morgan fingerprint density at radius 1 is 1.16 bits per heavy atom. The molecular formula is C24H20N2O5S. The van der Waals surface area contributed by atoms with Crippen molar-refractivity contribution in [2.45, 2.75) is 13.5 Å². The summed E-state index contributed by atoms with van der Waals surface area (Å²) in [6.07, 6.45) is 1.58. The number of thiazole rings is 1. The monoisotopic (exact) mass is 448 g/mol. The highest BCUT2D eigenvalue weighted by Gasteiger charge is 2.26. The highest BCUT2D eigenvalue weighted by molar-refractivity contribution is 7.22. The van der Waals surface area contributed by atoms with Crippen molar-refractivity contribution in [2.75, 3.05) is 18.6 Å². The lowest BCUT2D eigenvalue weighted by Gasteiger charge is -2.17. The van der Waals surface area contributed by atoms with Crippen molar-refractivity contribution in [3.05, 3.63) is 72.4 Å². The standard InChI is InChI=1S/C24H20N2O5S/c1-3-29-16-9-10-18-21(13-16)32-24(25-18)26(14-17-7-5-11-30-17)23(27)20-12-15-6-4-8-19(28-2)22(15)31-20/h4-13H,3,14H2,1-2H3. The first-order chi connectivity index (χ1) is 15.7. The van der Waals surface area contributed by atoms with E-state index in [1.165, 1.54) is 11.3 Å². The molecule has 0 saturated carbocycles. The highest BCUT2D eigenvalue weighted by Crippen LogP contribution is 2.35. The van der Waals surface area contributed by atoms with Crippen LogP contribution in [-0.4, -0.2) is 24.6 Å². The van der Waals surface area contributed by atoms with Crippen LogP contribution in [0.15, 0.2) is 69.7 Å². The molecule has 0 fully saturated rings. The van der Waals surface area contributed by atoms with Gasteiger partial charge in [-0.3, -0.25) is 9.69 Å². The molecule has 0 atom stereocenters. The van der Waals surface area contributed by atoms with Gasteiger partial charge < -0.3 is 18.3 Å². The van der Waals surface area contributed by atoms with Crippen molar-refractivity contribution in [3.8, 4) is 11.5 Å². The fourth-order valence-corrected chi connectivity index (χ4v) is 4.48. The van der Waals surface area contributed by atoms with Gasteiger partial charge in [0, 0.05) is 5.39 Å². The first kappa shape index (κ1) is 20.1. The predicted molar refractivity (Wildman–Crippen MR) is 123 cm³/mol. The molecule has 3 heterocycles. The van der Waals surface area contributed by atoms with Crippen molar-refractivity contribution in [2.24, 2.45) is 0 Å². The number of rotatable bonds is 7. The minimum Gasteiger partial charge on any atom is -0.494 e. The summed E-state index contributed by atoms with van der Waals surface area (Å²) >= 11 is 1.41. The van der Waals surface area contributed by atoms with Crippen molar-refractivity contribution in [1.82, 2.24) is 4.98 Å². The van der Waals surface area contributed by atoms with E-state index >= 15 is 0 Å². The summed E-state index contributed by atoms with van der Waals surface area (Å²) in [6, 6.07) is 16.6. The van der Waals surface area contributed by atoms with E-state index in [2.05, 4.69) is 4.98 Å². The third kappa shape index (κ3) is 3.69. The third-order valence-electron chi connectivity index (χ3n) is 4.97. The average Bonchev–Trinajstić information content (AvgIpc) is 3.55. The number of methoxy groups -OCH3 is 1. The molecule has 0 aliphatic carbocycles. The maximum Gasteiger partial charge on any atom is 0.296 e. The van der Waals surface area contributed by atoms with E-state index in [0.717, 1.165) is 21.4 Å². The van der Waals surface area contributed by atoms with Gasteiger partial charge in [0.25, 0.3) is 5.91 Å². The van der Waals surface area contributed by atoms with Gasteiger partial charge in [0.1, 0.15) is 11.5 Å². The molecule has 0 saturated heterocycles. The van der Waals surface area contributed by atoms with E-state index in [1.54, 1.807) is 36.5 Å². The number of aromatic nitrogens is 1. The third-order valence-corrected chi connectivity index (χ3v) is 6.01. The van der Waals surface area contributed by atoms with Crippen molar-refractivity contribution >= 4 is 43.6 Å². The minimum absolute atomic E-state index is 0.199. The van der Waals surface area contributed by atoms with E-state index in [4.69, 9.17) is 18.3 Å². The van der Waals surface area contributed by atoms with Crippen molar-refractivity contribution in [3.63, 3.8) is 0 Å². The van der Waals surface area contributed by atoms with Crippen LogP contribution in [0.2, 0.25) is 0 Å². The predicted octanol–water partition coefficient (Wildman–Crippen LogP) is 5.89. The molecule has 7 nitrogen and oxygen atoms in total. The Morgan fingerprint density at radius 3 is 2.84 bits per heavy atom. The van der Waals surface area contributed by atoms with Gasteiger partial charge in [-0.2, -0.15) is 0 Å². The van der Waals surface area contributed by atoms with Gasteiger partial charge in [-0.1, -0.05) is 23.5 Å². The summed E-state index contributed by atoms with van der Waals surface area (Å²) in [5.74, 6) is 1.86. The first-order valence-corrected chi connectivity index (χ1v) is 10.9. The van der Waals surface area contributed by atoms with E-state index in [0.29, 0.717) is 28.8 Å². The zero-order chi connectivity index (χ0) is 22.1. The fraction of sp³-hybridized carbons (Fsp3) is 0.167. The van der Waals surface area contributed by atoms with Crippen LogP contribution in [0.1, 0.15) is 23.2 Å². The molecule has 0 aliphatic rings. The lowest BCUT2D eigenvalue weighted by molar-refractivity contribution is 0.0958. The number of carbonyl (C=O) groups excluding carboxylic acids is 1. The summed E-state index contributed by atoms with van der Waals surface area (Å²) in [6.45, 7) is 2.74. The van der Waals surface area contributed by atoms with E-state index in [-0.39, 0.29) is 18.2 Å². The van der Waals surface area contributed by atoms with Gasteiger partial charge in [0.05, 0.1) is 36.7 Å². The van der Waals surface area contributed by atoms with Crippen molar-refractivity contribution < 1.29 is 23.1 Å². The maximum atomic E-state index is 13.6. The molecule has 162 valence electrons. The fourth-order valence-electron chi connectivity index (χ4n) is 3.48. The Hall–Kier alpha value is -3.78. The summed E-state index contributed by atoms with van der Waals surface area (Å²) in [4.78, 5) is 19.8. The quantitative estimate of drug-likeness (QED) is 0.309. The molecule has 0 bridgehead atoms. The zero-order valence-corrected chi connectivity index (χ0v) is 18.3. The second-order valence-electron chi connectivity index (χ2n) is 7.02. The summed E-state index contributed by atoms with van der Waals surface area (Å²) in [5.41, 5.74) is 1.32. The number of benzene rings is 2. The average molecular weight is 449 g/mol. The smallest absolute Gasteiger partial charge is 0.296 e. The second kappa shape index (κ2) is 8.39. The molecule has 2 aromatic carbocycles. The molecule has 32 heavy (non-hydrogen) atoms. The molecule has 0 unspecified atom stereocenters. The lowest BCUT2D eigenvalue weighted by Crippen LogP contribution is -2.29. The SMILES string of the molecule is CCOc1ccc2nc(N(Cc3ccco3)C(=O)c3cc4cccc(OC)c4o3)sc2c1. The lowest BCUT2D eigenvalue weighted by atomic mass is 10.2. The van der Waals surface area contributed by atoms with Gasteiger partial charge in [-0.25, -0.2) is 4.98 Å². The minimum atomic E-state index is -0.316. The number of furan rings is 2. The van der Waals surface area contributed by atoms with E-state index in [9.17, 15) is 4.79 Å². The molecule has 0 N–H and O–H groups in total. The molecule has 5 aromatic rings. The molecule has 1 amide bonds. The van der Waals surface area contributed by atoms with Gasteiger partial charge >= 0.3 is 0 Å². The van der Waals surface area contributed by atoms with Gasteiger partial charge in [0.15, 0.2) is 22.2 Å². The van der Waals surface area contributed by atoms with Crippen LogP contribution in [0.4, 0.5) is 5.13 Å². The van der Waals surface area contributed by atoms with Crippen LogP contribution in [-0.2, 0) is 6.54 Å². The number of nitrogens with zero attached hydrogens (tertiary/aromatic N) is 2. The first-order valence-electron chi connectivity index (χ1n) is 10.1. The second-order valence-corrected chi connectivity index (χ2v) is 8.03. The van der Waals surface area contributed by atoms with Crippen LogP contribution in [0, 0.1) is 0 Å². The summed E-state index contributed by atoms with van der Waals surface area (Å²) < 4.78 is 23.3. The molecule has 3 aromatic heterocycles. The van der Waals surface area contributed by atoms with Gasteiger partial charge in [-0.15, -0.1) is 0 Å². The largest absolute Gasteiger partial charge is 0.494 e. The van der Waals surface area contributed by atoms with Gasteiger partial charge in [-0.05, 0) is 49.4 Å². The molecule has 0 aliphatic heterocycles. The number of hydrogen-bond acceptors (Lipinski definition) is 7. The number of amides is 1. The number of anilines is 1. The molecule has 5 rings (SSSR count). The number of fused-ring (bicyclic) bond motifs is 2. The van der Waals surface area contributed by atoms with Crippen LogP contribution in [0.25, 0.3) is 21.2 Å². The summed E-state index contributed by atoms with van der Waals surface area (Å²) in [5, 5.41) is 1.33. The van der Waals surface area contributed by atoms with E-state index < -0.39 is 0 Å². The molecular weight excluding hydrogens is 428 g/mol. The topological polar surface area (TPSA) is 77.9 Å². The van der Waals surface area contributed by atoms with E-state index in [1.807, 2.05) is 43.3 Å². The van der Waals surface area contributed by atoms with Gasteiger partial charge in [0.2, 0.25) is 0 Å². The van der Waals surface area contributed by atoms with Crippen LogP contribution < -0.4 is 14.4 Å². The number of carbonyl (C=O) groups is 1. The Morgan fingerprint density at radius 2 is 2.06 bits per heavy atom. The highest BCUT2D eigenvalue weighted by atomic mass is 32.1. The Labute approximate surface area is 187 Å². The molecule has 0 radical (unpaired) electrons. The van der Waals surface area contributed by atoms with Crippen LogP contribution >= 0.6 is 11.3 Å². The Balaban J connectivity index is 1.56. The number of ether oxygens (including phenoxy) is 2. The summed E-state index contributed by atoms with van der Waals surface area (Å²) in [7, 11) is 1.57. The number of hydrogen-bond donors (Lipinski definition) is 0. The number of para-hydroxylation sites is 1. The molecule has 8 heteroatoms. The Bertz CT molecular complexity index is 1390. The Kier molecular flexibility index (Phi) is 5.28. The zero-order valence-electron chi connectivity index (χ0n) is 17.5. The van der Waals surface area contributed by atoms with Crippen molar-refractivity contribution in [1.29, 1.82) is 0 Å². The van der Waals surface area contributed by atoms with Crippen LogP contribution in [0.5, 0.6) is 11.5 Å². The molecule has 0 spiro atoms. The maximum absolute atomic E-state index is 13.6. The normalized spacial score (nSPS) is 11.2.